The average molecular weight is 500 g/mol. The Labute approximate surface area is 206 Å². The Morgan fingerprint density at radius 2 is 1.69 bits per heavy atom. The standard InChI is InChI=1S/C22H24ClN5O2.C3H6O2/c23-15-6-7-20-18(14-15)25-22(30)28(20)16-8-12-26(13-9-16)10-3-11-27-19-5-2-1-4-17(19)24-21(27)29;1-2-3(4)5/h1-2,4-7,14,16H,3,8-13H2,(H,24,29)(H,25,30);2H2,1H3,(H,4,5). The molecule has 186 valence electrons. The molecule has 1 aliphatic rings. The summed E-state index contributed by atoms with van der Waals surface area (Å²) in [5, 5.41) is 8.35. The summed E-state index contributed by atoms with van der Waals surface area (Å²) in [6.07, 6.45) is 3.00. The molecule has 9 nitrogen and oxygen atoms in total. The minimum absolute atomic E-state index is 0.0475. The number of aromatic nitrogens is 4. The molecule has 0 radical (unpaired) electrons. The quantitative estimate of drug-likeness (QED) is 0.373. The number of imidazole rings is 2. The molecule has 3 N–H and O–H groups in total. The van der Waals surface area contributed by atoms with Gasteiger partial charge in [-0.3, -0.25) is 13.9 Å². The van der Waals surface area contributed by atoms with Gasteiger partial charge < -0.3 is 20.0 Å². The van der Waals surface area contributed by atoms with Crippen LogP contribution in [0.2, 0.25) is 5.02 Å². The molecule has 4 aromatic rings. The average Bonchev–Trinajstić information content (AvgIpc) is 3.34. The lowest BCUT2D eigenvalue weighted by atomic mass is 10.0. The number of aryl methyl sites for hydroxylation is 1. The van der Waals surface area contributed by atoms with E-state index in [1.54, 1.807) is 13.0 Å². The van der Waals surface area contributed by atoms with E-state index < -0.39 is 5.97 Å². The summed E-state index contributed by atoms with van der Waals surface area (Å²) in [5.74, 6) is -0.745. The molecule has 0 amide bonds. The number of benzene rings is 2. The number of H-pyrrole nitrogens is 2. The molecule has 2 aromatic heterocycles. The van der Waals surface area contributed by atoms with Crippen LogP contribution in [-0.4, -0.2) is 54.7 Å². The lowest BCUT2D eigenvalue weighted by Gasteiger charge is -2.32. The number of aliphatic carboxylic acids is 1. The number of piperidine rings is 1. The summed E-state index contributed by atoms with van der Waals surface area (Å²) in [6, 6.07) is 13.5. The van der Waals surface area contributed by atoms with Gasteiger partial charge in [-0.15, -0.1) is 0 Å². The summed E-state index contributed by atoms with van der Waals surface area (Å²) in [4.78, 5) is 42.3. The first-order valence-electron chi connectivity index (χ1n) is 11.9. The minimum Gasteiger partial charge on any atom is -0.481 e. The van der Waals surface area contributed by atoms with E-state index in [9.17, 15) is 14.4 Å². The largest absolute Gasteiger partial charge is 0.481 e. The van der Waals surface area contributed by atoms with Crippen LogP contribution >= 0.6 is 11.6 Å². The van der Waals surface area contributed by atoms with Crippen LogP contribution < -0.4 is 11.4 Å². The second-order valence-corrected chi connectivity index (χ2v) is 9.17. The molecular formula is C25H30ClN5O4. The smallest absolute Gasteiger partial charge is 0.326 e. The zero-order valence-corrected chi connectivity index (χ0v) is 20.4. The van der Waals surface area contributed by atoms with Crippen molar-refractivity contribution in [1.29, 1.82) is 0 Å². The minimum atomic E-state index is -0.745. The van der Waals surface area contributed by atoms with Crippen molar-refractivity contribution in [3.8, 4) is 0 Å². The highest BCUT2D eigenvalue weighted by Gasteiger charge is 2.23. The van der Waals surface area contributed by atoms with E-state index in [4.69, 9.17) is 16.7 Å². The summed E-state index contributed by atoms with van der Waals surface area (Å²) >= 11 is 6.05. The number of fused-ring (bicyclic) bond motifs is 2. The third-order valence-corrected chi connectivity index (χ3v) is 6.68. The van der Waals surface area contributed by atoms with Crippen LogP contribution in [0.25, 0.3) is 22.1 Å². The van der Waals surface area contributed by atoms with Gasteiger partial charge in [0.1, 0.15) is 0 Å². The number of hydrogen-bond donors (Lipinski definition) is 3. The molecule has 0 spiro atoms. The van der Waals surface area contributed by atoms with Crippen molar-refractivity contribution >= 4 is 39.6 Å². The van der Waals surface area contributed by atoms with Crippen LogP contribution in [0, 0.1) is 0 Å². The fraction of sp³-hybridized carbons (Fsp3) is 0.400. The predicted octanol–water partition coefficient (Wildman–Crippen LogP) is 3.83. The Kier molecular flexibility index (Phi) is 7.77. The summed E-state index contributed by atoms with van der Waals surface area (Å²) < 4.78 is 3.70. The maximum atomic E-state index is 12.5. The molecule has 3 heterocycles. The van der Waals surface area contributed by atoms with Crippen molar-refractivity contribution in [2.45, 2.75) is 45.2 Å². The molecule has 0 unspecified atom stereocenters. The number of para-hydroxylation sites is 2. The Bertz CT molecular complexity index is 1430. The Morgan fingerprint density at radius 3 is 2.40 bits per heavy atom. The van der Waals surface area contributed by atoms with Crippen LogP contribution in [0.1, 0.15) is 38.6 Å². The lowest BCUT2D eigenvalue weighted by Crippen LogP contribution is -2.37. The molecule has 5 rings (SSSR count). The number of carboxylic acids is 1. The van der Waals surface area contributed by atoms with Gasteiger partial charge >= 0.3 is 17.3 Å². The number of hydrogen-bond acceptors (Lipinski definition) is 4. The first kappa shape index (κ1) is 24.8. The molecule has 0 bridgehead atoms. The Morgan fingerprint density at radius 1 is 1.00 bits per heavy atom. The van der Waals surface area contributed by atoms with E-state index in [1.165, 1.54) is 0 Å². The van der Waals surface area contributed by atoms with Gasteiger partial charge in [-0.2, -0.15) is 0 Å². The molecule has 10 heteroatoms. The number of rotatable bonds is 6. The highest BCUT2D eigenvalue weighted by atomic mass is 35.5. The van der Waals surface area contributed by atoms with E-state index in [0.29, 0.717) is 11.6 Å². The molecular weight excluding hydrogens is 470 g/mol. The zero-order chi connectivity index (χ0) is 24.9. The van der Waals surface area contributed by atoms with Crippen molar-refractivity contribution in [3.63, 3.8) is 0 Å². The highest BCUT2D eigenvalue weighted by molar-refractivity contribution is 6.31. The van der Waals surface area contributed by atoms with Crippen LogP contribution in [-0.2, 0) is 11.3 Å². The van der Waals surface area contributed by atoms with E-state index in [0.717, 1.165) is 61.0 Å². The highest BCUT2D eigenvalue weighted by Crippen LogP contribution is 2.26. The van der Waals surface area contributed by atoms with Crippen molar-refractivity contribution in [2.75, 3.05) is 19.6 Å². The number of aromatic amines is 2. The third-order valence-electron chi connectivity index (χ3n) is 6.44. The van der Waals surface area contributed by atoms with Crippen molar-refractivity contribution < 1.29 is 9.90 Å². The zero-order valence-electron chi connectivity index (χ0n) is 19.7. The van der Waals surface area contributed by atoms with Crippen molar-refractivity contribution in [1.82, 2.24) is 24.0 Å². The fourth-order valence-corrected chi connectivity index (χ4v) is 4.82. The molecule has 1 aliphatic heterocycles. The molecule has 2 aromatic carbocycles. The van der Waals surface area contributed by atoms with Gasteiger partial charge in [0.2, 0.25) is 0 Å². The number of halogens is 1. The second-order valence-electron chi connectivity index (χ2n) is 8.73. The number of likely N-dealkylation sites (tertiary alicyclic amines) is 1. The first-order chi connectivity index (χ1) is 16.9. The second kappa shape index (κ2) is 11.0. The molecule has 1 saturated heterocycles. The van der Waals surface area contributed by atoms with E-state index in [1.807, 2.05) is 45.5 Å². The SMILES string of the molecule is CCC(=O)O.O=c1[nH]c2ccccc2n1CCCN1CCC(n2c(=O)[nH]c3cc(Cl)ccc32)CC1. The number of nitrogens with one attached hydrogen (secondary N) is 2. The Balaban J connectivity index is 0.000000527. The van der Waals surface area contributed by atoms with Gasteiger partial charge in [0, 0.05) is 37.1 Å². The molecule has 1 fully saturated rings. The van der Waals surface area contributed by atoms with E-state index in [2.05, 4.69) is 14.9 Å². The van der Waals surface area contributed by atoms with Crippen molar-refractivity contribution in [3.05, 3.63) is 68.5 Å². The van der Waals surface area contributed by atoms with Crippen LogP contribution in [0.4, 0.5) is 0 Å². The van der Waals surface area contributed by atoms with Crippen molar-refractivity contribution in [2.24, 2.45) is 0 Å². The maximum Gasteiger partial charge on any atom is 0.326 e. The van der Waals surface area contributed by atoms with Gasteiger partial charge in [-0.1, -0.05) is 30.7 Å². The molecule has 0 aliphatic carbocycles. The monoisotopic (exact) mass is 499 g/mol. The van der Waals surface area contributed by atoms with Gasteiger partial charge in [-0.25, -0.2) is 9.59 Å². The lowest BCUT2D eigenvalue weighted by molar-refractivity contribution is -0.136. The predicted molar refractivity (Wildman–Crippen MR) is 137 cm³/mol. The van der Waals surface area contributed by atoms with Crippen LogP contribution in [0.15, 0.2) is 52.1 Å². The van der Waals surface area contributed by atoms with Gasteiger partial charge in [0.25, 0.3) is 0 Å². The summed E-state index contributed by atoms with van der Waals surface area (Å²) in [5.41, 5.74) is 3.44. The van der Waals surface area contributed by atoms with E-state index in [-0.39, 0.29) is 23.8 Å². The normalized spacial score (nSPS) is 14.8. The topological polar surface area (TPSA) is 116 Å². The van der Waals surface area contributed by atoms with Crippen LogP contribution in [0.3, 0.4) is 0 Å². The number of carboxylic acid groups (broad SMARTS) is 1. The summed E-state index contributed by atoms with van der Waals surface area (Å²) in [6.45, 7) is 5.13. The first-order valence-corrected chi connectivity index (χ1v) is 12.3. The molecule has 0 saturated carbocycles. The van der Waals surface area contributed by atoms with Gasteiger partial charge in [0.05, 0.1) is 22.1 Å². The maximum absolute atomic E-state index is 12.5. The molecule has 35 heavy (non-hydrogen) atoms. The fourth-order valence-electron chi connectivity index (χ4n) is 4.65. The van der Waals surface area contributed by atoms with Crippen LogP contribution in [0.5, 0.6) is 0 Å². The van der Waals surface area contributed by atoms with Gasteiger partial charge in [0.15, 0.2) is 0 Å². The Hall–Kier alpha value is -3.30. The molecule has 0 atom stereocenters. The number of nitrogens with zero attached hydrogens (tertiary/aromatic N) is 3. The van der Waals surface area contributed by atoms with Gasteiger partial charge in [-0.05, 0) is 56.1 Å². The third kappa shape index (κ3) is 5.68. The summed E-state index contributed by atoms with van der Waals surface area (Å²) in [7, 11) is 0. The van der Waals surface area contributed by atoms with E-state index >= 15 is 0 Å². The number of carbonyl (C=O) groups is 1.